The van der Waals surface area contributed by atoms with E-state index in [9.17, 15) is 13.2 Å². The van der Waals surface area contributed by atoms with Crippen LogP contribution in [0.4, 0.5) is 5.69 Å². The van der Waals surface area contributed by atoms with Gasteiger partial charge in [0.2, 0.25) is 10.0 Å². The quantitative estimate of drug-likeness (QED) is 0.817. The maximum atomic E-state index is 12.2. The summed E-state index contributed by atoms with van der Waals surface area (Å²) in [5.74, 6) is -1.04. The van der Waals surface area contributed by atoms with Crippen LogP contribution in [0.3, 0.4) is 0 Å². The molecule has 108 valence electrons. The largest absolute Gasteiger partial charge is 0.478 e. The average molecular weight is 295 g/mol. The molecule has 0 amide bonds. The van der Waals surface area contributed by atoms with Crippen LogP contribution >= 0.6 is 0 Å². The van der Waals surface area contributed by atoms with Crippen molar-refractivity contribution >= 4 is 27.8 Å². The van der Waals surface area contributed by atoms with Gasteiger partial charge in [-0.05, 0) is 36.6 Å². The van der Waals surface area contributed by atoms with Gasteiger partial charge in [0.05, 0.1) is 5.25 Å². The third kappa shape index (κ3) is 3.84. The molecular weight excluding hydrogens is 278 g/mol. The molecule has 0 spiro atoms. The zero-order valence-corrected chi connectivity index (χ0v) is 11.8. The van der Waals surface area contributed by atoms with Gasteiger partial charge >= 0.3 is 5.97 Å². The fraction of sp³-hybridized carbons (Fsp3) is 0.357. The van der Waals surface area contributed by atoms with E-state index in [4.69, 9.17) is 5.11 Å². The molecule has 1 aromatic rings. The zero-order chi connectivity index (χ0) is 14.6. The fourth-order valence-electron chi connectivity index (χ4n) is 2.32. The number of anilines is 1. The highest BCUT2D eigenvalue weighted by atomic mass is 32.2. The van der Waals surface area contributed by atoms with Crippen molar-refractivity contribution in [2.45, 2.75) is 30.9 Å². The number of carboxylic acid groups (broad SMARTS) is 1. The second-order valence-electron chi connectivity index (χ2n) is 4.85. The molecule has 2 rings (SSSR count). The summed E-state index contributed by atoms with van der Waals surface area (Å²) >= 11 is 0. The predicted octanol–water partition coefficient (Wildman–Crippen LogP) is 2.47. The second kappa shape index (κ2) is 6.09. The molecule has 6 heteroatoms. The molecule has 20 heavy (non-hydrogen) atoms. The number of hydrogen-bond acceptors (Lipinski definition) is 3. The lowest BCUT2D eigenvalue weighted by atomic mass is 10.2. The van der Waals surface area contributed by atoms with Crippen molar-refractivity contribution < 1.29 is 18.3 Å². The van der Waals surface area contributed by atoms with Gasteiger partial charge in [-0.2, -0.15) is 0 Å². The topological polar surface area (TPSA) is 83.5 Å². The van der Waals surface area contributed by atoms with Gasteiger partial charge in [-0.25, -0.2) is 13.2 Å². The normalized spacial score (nSPS) is 16.6. The predicted molar refractivity (Wildman–Crippen MR) is 77.9 cm³/mol. The minimum atomic E-state index is -3.35. The van der Waals surface area contributed by atoms with Gasteiger partial charge in [0.25, 0.3) is 0 Å². The van der Waals surface area contributed by atoms with Gasteiger partial charge in [0, 0.05) is 11.8 Å². The average Bonchev–Trinajstić information content (AvgIpc) is 2.91. The Labute approximate surface area is 118 Å². The molecule has 1 aliphatic rings. The maximum Gasteiger partial charge on any atom is 0.328 e. The summed E-state index contributed by atoms with van der Waals surface area (Å²) in [4.78, 5) is 10.5. The minimum absolute atomic E-state index is 0.319. The number of benzene rings is 1. The van der Waals surface area contributed by atoms with Crippen molar-refractivity contribution in [1.82, 2.24) is 0 Å². The first kappa shape index (κ1) is 14.6. The van der Waals surface area contributed by atoms with Gasteiger partial charge < -0.3 is 5.11 Å². The summed E-state index contributed by atoms with van der Waals surface area (Å²) in [6.45, 7) is 0. The third-order valence-electron chi connectivity index (χ3n) is 3.31. The van der Waals surface area contributed by atoms with E-state index in [2.05, 4.69) is 4.72 Å². The van der Waals surface area contributed by atoms with Crippen LogP contribution in [0.5, 0.6) is 0 Å². The molecule has 1 aromatic carbocycles. The van der Waals surface area contributed by atoms with Crippen molar-refractivity contribution in [2.75, 3.05) is 4.72 Å². The molecule has 0 saturated heterocycles. The molecule has 0 radical (unpaired) electrons. The van der Waals surface area contributed by atoms with Crippen molar-refractivity contribution in [3.63, 3.8) is 0 Å². The number of nitrogens with one attached hydrogen (secondary N) is 1. The Morgan fingerprint density at radius 3 is 2.65 bits per heavy atom. The zero-order valence-electron chi connectivity index (χ0n) is 11.0. The number of aliphatic carboxylic acids is 1. The summed E-state index contributed by atoms with van der Waals surface area (Å²) in [7, 11) is -3.35. The molecule has 1 fully saturated rings. The second-order valence-corrected chi connectivity index (χ2v) is 6.81. The summed E-state index contributed by atoms with van der Waals surface area (Å²) < 4.78 is 26.9. The van der Waals surface area contributed by atoms with Gasteiger partial charge in [0.1, 0.15) is 0 Å². The lowest BCUT2D eigenvalue weighted by Gasteiger charge is -2.13. The number of hydrogen-bond donors (Lipinski definition) is 2. The van der Waals surface area contributed by atoms with Crippen molar-refractivity contribution in [1.29, 1.82) is 0 Å². The van der Waals surface area contributed by atoms with E-state index in [1.165, 1.54) is 6.08 Å². The fourth-order valence-corrected chi connectivity index (χ4v) is 3.90. The SMILES string of the molecule is O=C(O)/C=C/c1cccc(NS(=O)(=O)C2CCCC2)c1. The van der Waals surface area contributed by atoms with Gasteiger partial charge in [0.15, 0.2) is 0 Å². The first-order valence-corrected chi connectivity index (χ1v) is 8.05. The first-order chi connectivity index (χ1) is 9.47. The molecule has 0 bridgehead atoms. The summed E-state index contributed by atoms with van der Waals surface area (Å²) in [5.41, 5.74) is 1.10. The Kier molecular flexibility index (Phi) is 4.44. The van der Waals surface area contributed by atoms with Crippen LogP contribution in [0.15, 0.2) is 30.3 Å². The van der Waals surface area contributed by atoms with Crippen LogP contribution in [0.25, 0.3) is 6.08 Å². The highest BCUT2D eigenvalue weighted by Crippen LogP contribution is 2.26. The van der Waals surface area contributed by atoms with E-state index in [0.717, 1.165) is 18.9 Å². The van der Waals surface area contributed by atoms with Crippen LogP contribution in [0.1, 0.15) is 31.2 Å². The summed E-state index contributed by atoms with van der Waals surface area (Å²) in [6, 6.07) is 6.68. The number of sulfonamides is 1. The summed E-state index contributed by atoms with van der Waals surface area (Å²) in [6.07, 6.45) is 5.75. The number of carboxylic acids is 1. The molecule has 1 saturated carbocycles. The van der Waals surface area contributed by atoms with E-state index < -0.39 is 16.0 Å². The van der Waals surface area contributed by atoms with Crippen molar-refractivity contribution in [3.8, 4) is 0 Å². The van der Waals surface area contributed by atoms with Gasteiger partial charge in [-0.15, -0.1) is 0 Å². The Morgan fingerprint density at radius 2 is 2.00 bits per heavy atom. The molecule has 0 unspecified atom stereocenters. The van der Waals surface area contributed by atoms with E-state index in [1.54, 1.807) is 24.3 Å². The molecule has 0 heterocycles. The van der Waals surface area contributed by atoms with Crippen molar-refractivity contribution in [2.24, 2.45) is 0 Å². The van der Waals surface area contributed by atoms with Gasteiger partial charge in [-0.3, -0.25) is 4.72 Å². The van der Waals surface area contributed by atoms with Crippen LogP contribution in [-0.4, -0.2) is 24.7 Å². The first-order valence-electron chi connectivity index (χ1n) is 6.50. The molecular formula is C14H17NO4S. The van der Waals surface area contributed by atoms with Crippen LogP contribution in [-0.2, 0) is 14.8 Å². The Hall–Kier alpha value is -1.82. The Morgan fingerprint density at radius 1 is 1.30 bits per heavy atom. The summed E-state index contributed by atoms with van der Waals surface area (Å²) in [5, 5.41) is 8.26. The standard InChI is InChI=1S/C14H17NO4S/c16-14(17)9-8-11-4-3-5-12(10-11)15-20(18,19)13-6-1-2-7-13/h3-5,8-10,13,15H,1-2,6-7H2,(H,16,17)/b9-8+. The third-order valence-corrected chi connectivity index (χ3v) is 5.18. The van der Waals surface area contributed by atoms with Crippen LogP contribution in [0.2, 0.25) is 0 Å². The van der Waals surface area contributed by atoms with Crippen LogP contribution < -0.4 is 4.72 Å². The Bertz CT molecular complexity index is 616. The molecule has 0 aromatic heterocycles. The van der Waals surface area contributed by atoms with E-state index in [1.807, 2.05) is 0 Å². The highest BCUT2D eigenvalue weighted by molar-refractivity contribution is 7.93. The smallest absolute Gasteiger partial charge is 0.328 e. The molecule has 5 nitrogen and oxygen atoms in total. The van der Waals surface area contributed by atoms with Gasteiger partial charge in [-0.1, -0.05) is 25.0 Å². The van der Waals surface area contributed by atoms with Crippen molar-refractivity contribution in [3.05, 3.63) is 35.9 Å². The minimum Gasteiger partial charge on any atom is -0.478 e. The Balaban J connectivity index is 2.13. The highest BCUT2D eigenvalue weighted by Gasteiger charge is 2.28. The maximum absolute atomic E-state index is 12.2. The number of carbonyl (C=O) groups is 1. The van der Waals surface area contributed by atoms with E-state index in [-0.39, 0.29) is 5.25 Å². The van der Waals surface area contributed by atoms with E-state index in [0.29, 0.717) is 24.1 Å². The lowest BCUT2D eigenvalue weighted by Crippen LogP contribution is -2.25. The monoisotopic (exact) mass is 295 g/mol. The molecule has 1 aliphatic carbocycles. The lowest BCUT2D eigenvalue weighted by molar-refractivity contribution is -0.131. The molecule has 0 aliphatic heterocycles. The number of rotatable bonds is 5. The van der Waals surface area contributed by atoms with E-state index >= 15 is 0 Å². The molecule has 2 N–H and O–H groups in total. The molecule has 0 atom stereocenters. The van der Waals surface area contributed by atoms with Crippen LogP contribution in [0, 0.1) is 0 Å².